The molecule has 0 aliphatic heterocycles. The molecular formula is C12H17N3O4. The molecule has 3 N–H and O–H groups in total. The average molecular weight is 267 g/mol. The predicted molar refractivity (Wildman–Crippen MR) is 67.6 cm³/mol. The third kappa shape index (κ3) is 4.92. The number of amides is 2. The average Bonchev–Trinajstić information content (AvgIpc) is 2.40. The summed E-state index contributed by atoms with van der Waals surface area (Å²) in [7, 11) is 1.27. The Bertz CT molecular complexity index is 424. The van der Waals surface area contributed by atoms with Gasteiger partial charge in [0.05, 0.1) is 12.6 Å². The van der Waals surface area contributed by atoms with Gasteiger partial charge in [0.25, 0.3) is 0 Å². The van der Waals surface area contributed by atoms with Crippen molar-refractivity contribution in [3.8, 4) is 0 Å². The summed E-state index contributed by atoms with van der Waals surface area (Å²) >= 11 is 0. The van der Waals surface area contributed by atoms with E-state index in [1.807, 2.05) is 13.0 Å². The monoisotopic (exact) mass is 267 g/mol. The highest BCUT2D eigenvalue weighted by atomic mass is 16.5. The van der Waals surface area contributed by atoms with Gasteiger partial charge in [-0.2, -0.15) is 0 Å². The van der Waals surface area contributed by atoms with Gasteiger partial charge in [0, 0.05) is 19.5 Å². The molecule has 0 aliphatic carbocycles. The first-order chi connectivity index (χ1) is 9.04. The van der Waals surface area contributed by atoms with Crippen molar-refractivity contribution in [3.63, 3.8) is 0 Å². The second-order valence-corrected chi connectivity index (χ2v) is 3.92. The molecule has 104 valence electrons. The molecule has 19 heavy (non-hydrogen) atoms. The van der Waals surface area contributed by atoms with Crippen LogP contribution in [0.5, 0.6) is 0 Å². The lowest BCUT2D eigenvalue weighted by molar-refractivity contribution is -0.147. The predicted octanol–water partition coefficient (Wildman–Crippen LogP) is 0.541. The van der Waals surface area contributed by atoms with Gasteiger partial charge in [0.2, 0.25) is 0 Å². The summed E-state index contributed by atoms with van der Waals surface area (Å²) in [5.41, 5.74) is 0.860. The number of aliphatic carboxylic acids is 1. The number of hydrogen-bond acceptors (Lipinski definition) is 4. The summed E-state index contributed by atoms with van der Waals surface area (Å²) in [5.74, 6) is -1.12. The van der Waals surface area contributed by atoms with Crippen molar-refractivity contribution in [1.29, 1.82) is 0 Å². The molecule has 2 atom stereocenters. The van der Waals surface area contributed by atoms with E-state index in [9.17, 15) is 9.59 Å². The van der Waals surface area contributed by atoms with Gasteiger partial charge >= 0.3 is 12.0 Å². The summed E-state index contributed by atoms with van der Waals surface area (Å²) < 4.78 is 4.70. The van der Waals surface area contributed by atoms with Crippen molar-refractivity contribution in [2.45, 2.75) is 19.1 Å². The summed E-state index contributed by atoms with van der Waals surface area (Å²) in [5, 5.41) is 13.9. The molecule has 1 rings (SSSR count). The van der Waals surface area contributed by atoms with Gasteiger partial charge in [0.15, 0.2) is 6.10 Å². The van der Waals surface area contributed by atoms with E-state index < -0.39 is 18.1 Å². The molecule has 2 amide bonds. The van der Waals surface area contributed by atoms with Crippen molar-refractivity contribution in [3.05, 3.63) is 30.1 Å². The van der Waals surface area contributed by atoms with Crippen LogP contribution in [0.2, 0.25) is 0 Å². The highest BCUT2D eigenvalue weighted by Crippen LogP contribution is 2.08. The van der Waals surface area contributed by atoms with Crippen LogP contribution in [0.4, 0.5) is 4.79 Å². The third-order valence-corrected chi connectivity index (χ3v) is 2.54. The molecule has 0 bridgehead atoms. The van der Waals surface area contributed by atoms with Crippen LogP contribution in [0, 0.1) is 0 Å². The number of carbonyl (C=O) groups excluding carboxylic acids is 1. The first-order valence-corrected chi connectivity index (χ1v) is 5.74. The number of ether oxygens (including phenoxy) is 1. The maximum Gasteiger partial charge on any atom is 0.334 e. The topological polar surface area (TPSA) is 101 Å². The summed E-state index contributed by atoms with van der Waals surface area (Å²) in [4.78, 5) is 26.2. The molecule has 0 fully saturated rings. The van der Waals surface area contributed by atoms with E-state index in [1.165, 1.54) is 7.11 Å². The Hall–Kier alpha value is -2.15. The number of rotatable bonds is 6. The Morgan fingerprint density at radius 2 is 2.26 bits per heavy atom. The molecule has 0 spiro atoms. The first-order valence-electron chi connectivity index (χ1n) is 5.74. The van der Waals surface area contributed by atoms with Crippen LogP contribution in [0.3, 0.4) is 0 Å². The number of carboxylic acid groups (broad SMARTS) is 1. The smallest absolute Gasteiger partial charge is 0.334 e. The van der Waals surface area contributed by atoms with Crippen LogP contribution < -0.4 is 10.6 Å². The highest BCUT2D eigenvalue weighted by molar-refractivity contribution is 5.77. The maximum atomic E-state index is 11.6. The lowest BCUT2D eigenvalue weighted by atomic mass is 10.1. The largest absolute Gasteiger partial charge is 0.479 e. The number of urea groups is 1. The molecule has 0 saturated carbocycles. The lowest BCUT2D eigenvalue weighted by Gasteiger charge is -2.16. The number of aromatic nitrogens is 1. The van der Waals surface area contributed by atoms with Crippen LogP contribution in [0.15, 0.2) is 24.5 Å². The second kappa shape index (κ2) is 7.32. The SMILES string of the molecule is COC(CNC(=O)NC(C)c1cccnc1)C(=O)O. The van der Waals surface area contributed by atoms with E-state index >= 15 is 0 Å². The number of carboxylic acids is 1. The van der Waals surface area contributed by atoms with E-state index in [-0.39, 0.29) is 12.6 Å². The van der Waals surface area contributed by atoms with Crippen molar-refractivity contribution < 1.29 is 19.4 Å². The molecule has 0 aliphatic rings. The van der Waals surface area contributed by atoms with Crippen molar-refractivity contribution in [2.24, 2.45) is 0 Å². The summed E-state index contributed by atoms with van der Waals surface area (Å²) in [6.45, 7) is 1.71. The Labute approximate surface area is 111 Å². The number of methoxy groups -OCH3 is 1. The molecule has 0 aromatic carbocycles. The Kier molecular flexibility index (Phi) is 5.74. The van der Waals surface area contributed by atoms with Gasteiger partial charge in [-0.1, -0.05) is 6.07 Å². The second-order valence-electron chi connectivity index (χ2n) is 3.92. The Morgan fingerprint density at radius 3 is 2.79 bits per heavy atom. The molecule has 1 heterocycles. The van der Waals surface area contributed by atoms with Crippen LogP contribution in [0.25, 0.3) is 0 Å². The Morgan fingerprint density at radius 1 is 1.53 bits per heavy atom. The van der Waals surface area contributed by atoms with Crippen LogP contribution >= 0.6 is 0 Å². The van der Waals surface area contributed by atoms with E-state index in [2.05, 4.69) is 15.6 Å². The van der Waals surface area contributed by atoms with Gasteiger partial charge < -0.3 is 20.5 Å². The van der Waals surface area contributed by atoms with Gasteiger partial charge in [-0.15, -0.1) is 0 Å². The Balaban J connectivity index is 2.41. The van der Waals surface area contributed by atoms with Crippen molar-refractivity contribution >= 4 is 12.0 Å². The minimum Gasteiger partial charge on any atom is -0.479 e. The number of hydrogen-bond donors (Lipinski definition) is 3. The minimum absolute atomic E-state index is 0.0998. The van der Waals surface area contributed by atoms with Crippen LogP contribution in [0.1, 0.15) is 18.5 Å². The number of nitrogens with zero attached hydrogens (tertiary/aromatic N) is 1. The first kappa shape index (κ1) is 14.9. The third-order valence-electron chi connectivity index (χ3n) is 2.54. The fourth-order valence-electron chi connectivity index (χ4n) is 1.42. The maximum absolute atomic E-state index is 11.6. The number of pyridine rings is 1. The lowest BCUT2D eigenvalue weighted by Crippen LogP contribution is -2.43. The van der Waals surface area contributed by atoms with E-state index in [0.29, 0.717) is 0 Å². The molecule has 1 aromatic rings. The van der Waals surface area contributed by atoms with Crippen molar-refractivity contribution in [2.75, 3.05) is 13.7 Å². The fourth-order valence-corrected chi connectivity index (χ4v) is 1.42. The van der Waals surface area contributed by atoms with E-state index in [0.717, 1.165) is 5.56 Å². The van der Waals surface area contributed by atoms with Crippen LogP contribution in [-0.4, -0.2) is 41.8 Å². The minimum atomic E-state index is -1.12. The highest BCUT2D eigenvalue weighted by Gasteiger charge is 2.17. The molecule has 0 radical (unpaired) electrons. The molecule has 1 aromatic heterocycles. The number of carbonyl (C=O) groups is 2. The molecule has 7 heteroatoms. The van der Waals surface area contributed by atoms with Crippen molar-refractivity contribution in [1.82, 2.24) is 15.6 Å². The number of nitrogens with one attached hydrogen (secondary N) is 2. The van der Waals surface area contributed by atoms with Gasteiger partial charge in [-0.05, 0) is 18.6 Å². The van der Waals surface area contributed by atoms with Gasteiger partial charge in [-0.3, -0.25) is 4.98 Å². The standard InChI is InChI=1S/C12H17N3O4/c1-8(9-4-3-5-13-6-9)15-12(18)14-7-10(19-2)11(16)17/h3-6,8,10H,7H2,1-2H3,(H,16,17)(H2,14,15,18). The normalized spacial score (nSPS) is 13.4. The zero-order chi connectivity index (χ0) is 14.3. The van der Waals surface area contributed by atoms with E-state index in [1.54, 1.807) is 18.5 Å². The van der Waals surface area contributed by atoms with Crippen LogP contribution in [-0.2, 0) is 9.53 Å². The molecular weight excluding hydrogens is 250 g/mol. The molecule has 0 saturated heterocycles. The fraction of sp³-hybridized carbons (Fsp3) is 0.417. The zero-order valence-corrected chi connectivity index (χ0v) is 10.8. The van der Waals surface area contributed by atoms with Gasteiger partial charge in [-0.25, -0.2) is 9.59 Å². The van der Waals surface area contributed by atoms with E-state index in [4.69, 9.17) is 9.84 Å². The molecule has 2 unspecified atom stereocenters. The quantitative estimate of drug-likeness (QED) is 0.698. The summed E-state index contributed by atoms with van der Waals surface area (Å²) in [6.07, 6.45) is 2.24. The van der Waals surface area contributed by atoms with Gasteiger partial charge in [0.1, 0.15) is 0 Å². The summed E-state index contributed by atoms with van der Waals surface area (Å²) in [6, 6.07) is 2.93. The molecule has 7 nitrogen and oxygen atoms in total. The zero-order valence-electron chi connectivity index (χ0n) is 10.8.